The van der Waals surface area contributed by atoms with Crippen LogP contribution in [0.4, 0.5) is 0 Å². The van der Waals surface area contributed by atoms with Crippen LogP contribution in [0.25, 0.3) is 0 Å². The van der Waals surface area contributed by atoms with E-state index in [4.69, 9.17) is 15.3 Å². The van der Waals surface area contributed by atoms with Crippen molar-refractivity contribution >= 4 is 17.9 Å². The SMILES string of the molecule is O=C(O)CCNC(O)(CC(=O)O)C(=O)O. The van der Waals surface area contributed by atoms with Gasteiger partial charge in [0.25, 0.3) is 0 Å². The van der Waals surface area contributed by atoms with Gasteiger partial charge >= 0.3 is 17.9 Å². The molecule has 0 spiro atoms. The lowest BCUT2D eigenvalue weighted by molar-refractivity contribution is -0.169. The third-order valence-electron chi connectivity index (χ3n) is 1.52. The van der Waals surface area contributed by atoms with Gasteiger partial charge in [0.2, 0.25) is 5.72 Å². The molecule has 0 aliphatic rings. The van der Waals surface area contributed by atoms with E-state index < -0.39 is 36.5 Å². The standard InChI is InChI=1S/C7H11NO7/c9-4(10)1-2-8-7(15,6(13)14)3-5(11)12/h8,15H,1-3H2,(H,9,10)(H,11,12)(H,13,14). The fourth-order valence-electron chi connectivity index (χ4n) is 0.809. The maximum absolute atomic E-state index is 10.5. The van der Waals surface area contributed by atoms with Gasteiger partial charge in [-0.3, -0.25) is 14.9 Å². The van der Waals surface area contributed by atoms with Gasteiger partial charge in [-0.25, -0.2) is 4.79 Å². The minimum Gasteiger partial charge on any atom is -0.481 e. The van der Waals surface area contributed by atoms with Gasteiger partial charge in [-0.1, -0.05) is 0 Å². The zero-order valence-corrected chi connectivity index (χ0v) is 7.63. The molecule has 1 atom stereocenters. The highest BCUT2D eigenvalue weighted by Gasteiger charge is 2.38. The van der Waals surface area contributed by atoms with Gasteiger partial charge in [-0.2, -0.15) is 0 Å². The lowest BCUT2D eigenvalue weighted by Crippen LogP contribution is -2.54. The number of aliphatic hydroxyl groups is 1. The Balaban J connectivity index is 4.32. The molecule has 0 aromatic carbocycles. The molecule has 1 unspecified atom stereocenters. The highest BCUT2D eigenvalue weighted by molar-refractivity contribution is 5.83. The third-order valence-corrected chi connectivity index (χ3v) is 1.52. The first-order chi connectivity index (χ1) is 6.78. The minimum atomic E-state index is -2.64. The average molecular weight is 221 g/mol. The van der Waals surface area contributed by atoms with Crippen LogP contribution in [0.15, 0.2) is 0 Å². The van der Waals surface area contributed by atoms with Gasteiger partial charge in [-0.15, -0.1) is 0 Å². The van der Waals surface area contributed by atoms with E-state index in [1.807, 2.05) is 5.32 Å². The van der Waals surface area contributed by atoms with Crippen LogP contribution >= 0.6 is 0 Å². The van der Waals surface area contributed by atoms with Crippen LogP contribution in [0.2, 0.25) is 0 Å². The summed E-state index contributed by atoms with van der Waals surface area (Å²) in [5, 5.41) is 36.3. The third kappa shape index (κ3) is 4.93. The van der Waals surface area contributed by atoms with Gasteiger partial charge < -0.3 is 20.4 Å². The maximum Gasteiger partial charge on any atom is 0.351 e. The van der Waals surface area contributed by atoms with Crippen molar-refractivity contribution in [3.8, 4) is 0 Å². The minimum absolute atomic E-state index is 0.342. The summed E-state index contributed by atoms with van der Waals surface area (Å²) < 4.78 is 0. The number of carbonyl (C=O) groups is 3. The lowest BCUT2D eigenvalue weighted by Gasteiger charge is -2.22. The van der Waals surface area contributed by atoms with E-state index >= 15 is 0 Å². The van der Waals surface area contributed by atoms with Gasteiger partial charge in [0.05, 0.1) is 12.8 Å². The Bertz CT molecular complexity index is 277. The Morgan fingerprint density at radius 2 is 1.60 bits per heavy atom. The number of rotatable bonds is 7. The summed E-state index contributed by atoms with van der Waals surface area (Å²) in [6.07, 6.45) is -1.48. The summed E-state index contributed by atoms with van der Waals surface area (Å²) >= 11 is 0. The van der Waals surface area contributed by atoms with Crippen LogP contribution in [0.1, 0.15) is 12.8 Å². The van der Waals surface area contributed by atoms with Crippen molar-refractivity contribution in [3.05, 3.63) is 0 Å². The van der Waals surface area contributed by atoms with Crippen LogP contribution < -0.4 is 5.32 Å². The summed E-state index contributed by atoms with van der Waals surface area (Å²) in [5.74, 6) is -4.47. The Morgan fingerprint density at radius 3 is 1.93 bits per heavy atom. The van der Waals surface area contributed by atoms with Crippen molar-refractivity contribution in [2.75, 3.05) is 6.54 Å². The molecule has 0 amide bonds. The first kappa shape index (κ1) is 13.3. The molecule has 0 saturated heterocycles. The van der Waals surface area contributed by atoms with Gasteiger partial charge in [0.1, 0.15) is 0 Å². The molecule has 0 rings (SSSR count). The molecule has 5 N–H and O–H groups in total. The second-order valence-corrected chi connectivity index (χ2v) is 2.81. The van der Waals surface area contributed by atoms with Gasteiger partial charge in [0, 0.05) is 6.54 Å². The van der Waals surface area contributed by atoms with Crippen LogP contribution in [0, 0.1) is 0 Å². The Labute approximate surface area is 84.1 Å². The van der Waals surface area contributed by atoms with Crippen LogP contribution in [0.5, 0.6) is 0 Å². The van der Waals surface area contributed by atoms with Crippen molar-refractivity contribution in [1.29, 1.82) is 0 Å². The molecule has 0 bridgehead atoms. The molecular weight excluding hydrogens is 210 g/mol. The van der Waals surface area contributed by atoms with Crippen molar-refractivity contribution in [2.24, 2.45) is 0 Å². The predicted molar refractivity (Wildman–Crippen MR) is 45.1 cm³/mol. The quantitative estimate of drug-likeness (QED) is 0.320. The molecule has 15 heavy (non-hydrogen) atoms. The summed E-state index contributed by atoms with van der Waals surface area (Å²) in [6.45, 7) is -0.342. The normalized spacial score (nSPS) is 14.2. The summed E-state index contributed by atoms with van der Waals surface area (Å²) in [5.41, 5.74) is -2.64. The lowest BCUT2D eigenvalue weighted by atomic mass is 10.1. The predicted octanol–water partition coefficient (Wildman–Crippen LogP) is -1.70. The van der Waals surface area contributed by atoms with Crippen molar-refractivity contribution in [3.63, 3.8) is 0 Å². The zero-order chi connectivity index (χ0) is 12.1. The monoisotopic (exact) mass is 221 g/mol. The van der Waals surface area contributed by atoms with E-state index in [1.54, 1.807) is 0 Å². The Hall–Kier alpha value is -1.67. The molecule has 86 valence electrons. The summed E-state index contributed by atoms with van der Waals surface area (Å²) in [6, 6.07) is 0. The molecule has 8 nitrogen and oxygen atoms in total. The number of carboxylic acids is 3. The van der Waals surface area contributed by atoms with Gasteiger partial charge in [0.15, 0.2) is 0 Å². The zero-order valence-electron chi connectivity index (χ0n) is 7.63. The molecule has 0 aromatic heterocycles. The second-order valence-electron chi connectivity index (χ2n) is 2.81. The summed E-state index contributed by atoms with van der Waals surface area (Å²) in [4.78, 5) is 30.8. The molecule has 0 saturated carbocycles. The molecule has 0 aliphatic carbocycles. The molecule has 0 fully saturated rings. The van der Waals surface area contributed by atoms with Crippen molar-refractivity contribution < 1.29 is 34.8 Å². The van der Waals surface area contributed by atoms with Crippen molar-refractivity contribution in [2.45, 2.75) is 18.6 Å². The molecule has 0 aliphatic heterocycles. The number of hydrogen-bond acceptors (Lipinski definition) is 5. The first-order valence-electron chi connectivity index (χ1n) is 3.92. The molecule has 0 heterocycles. The molecule has 0 radical (unpaired) electrons. The van der Waals surface area contributed by atoms with Crippen LogP contribution in [0.3, 0.4) is 0 Å². The highest BCUT2D eigenvalue weighted by Crippen LogP contribution is 2.06. The maximum atomic E-state index is 10.5. The topological polar surface area (TPSA) is 144 Å². The fourth-order valence-corrected chi connectivity index (χ4v) is 0.809. The van der Waals surface area contributed by atoms with E-state index in [0.29, 0.717) is 0 Å². The number of hydrogen-bond donors (Lipinski definition) is 5. The number of nitrogens with one attached hydrogen (secondary N) is 1. The van der Waals surface area contributed by atoms with Crippen LogP contribution in [-0.4, -0.2) is 50.6 Å². The average Bonchev–Trinajstić information content (AvgIpc) is 2.01. The van der Waals surface area contributed by atoms with E-state index in [-0.39, 0.29) is 6.54 Å². The van der Waals surface area contributed by atoms with Crippen LogP contribution in [-0.2, 0) is 14.4 Å². The van der Waals surface area contributed by atoms with E-state index in [0.717, 1.165) is 0 Å². The van der Waals surface area contributed by atoms with Gasteiger partial charge in [-0.05, 0) is 0 Å². The van der Waals surface area contributed by atoms with E-state index in [9.17, 15) is 19.5 Å². The summed E-state index contributed by atoms with van der Waals surface area (Å²) in [7, 11) is 0. The number of carboxylic acid groups (broad SMARTS) is 3. The Kier molecular flexibility index (Phi) is 4.68. The smallest absolute Gasteiger partial charge is 0.351 e. The highest BCUT2D eigenvalue weighted by atomic mass is 16.4. The van der Waals surface area contributed by atoms with E-state index in [2.05, 4.69) is 0 Å². The number of aliphatic carboxylic acids is 3. The molecular formula is C7H11NO7. The Morgan fingerprint density at radius 1 is 1.07 bits per heavy atom. The first-order valence-corrected chi connectivity index (χ1v) is 3.92. The second kappa shape index (κ2) is 5.27. The molecule has 8 heteroatoms. The van der Waals surface area contributed by atoms with E-state index in [1.165, 1.54) is 0 Å². The fraction of sp³-hybridized carbons (Fsp3) is 0.571. The van der Waals surface area contributed by atoms with Crippen molar-refractivity contribution in [1.82, 2.24) is 5.32 Å². The molecule has 0 aromatic rings. The largest absolute Gasteiger partial charge is 0.481 e.